The number of carboxylic acid groups (broad SMARTS) is 1. The second-order valence-corrected chi connectivity index (χ2v) is 4.27. The van der Waals surface area contributed by atoms with Gasteiger partial charge in [-0.2, -0.15) is 0 Å². The van der Waals surface area contributed by atoms with Crippen LogP contribution >= 0.6 is 0 Å². The number of anilines is 1. The molecule has 0 spiro atoms. The minimum absolute atomic E-state index is 0.390. The Morgan fingerprint density at radius 2 is 2.27 bits per heavy atom. The molecule has 80 valence electrons. The summed E-state index contributed by atoms with van der Waals surface area (Å²) >= 11 is 0. The van der Waals surface area contributed by atoms with Gasteiger partial charge in [-0.15, -0.1) is 0 Å². The quantitative estimate of drug-likeness (QED) is 0.779. The molecule has 1 aromatic rings. The summed E-state index contributed by atoms with van der Waals surface area (Å²) in [5.74, 6) is -0.703. The monoisotopic (exact) mass is 205 g/mol. The van der Waals surface area contributed by atoms with Crippen molar-refractivity contribution in [2.75, 3.05) is 11.9 Å². The lowest BCUT2D eigenvalue weighted by Crippen LogP contribution is -2.13. The molecule has 1 heterocycles. The molecule has 0 amide bonds. The van der Waals surface area contributed by atoms with Crippen molar-refractivity contribution in [3.63, 3.8) is 0 Å². The first-order valence-electron chi connectivity index (χ1n) is 5.20. The van der Waals surface area contributed by atoms with Crippen molar-refractivity contribution in [3.8, 4) is 0 Å². The number of fused-ring (bicyclic) bond motifs is 1. The number of rotatable bonds is 2. The fourth-order valence-corrected chi connectivity index (χ4v) is 1.93. The summed E-state index contributed by atoms with van der Waals surface area (Å²) in [6.45, 7) is 4.73. The van der Waals surface area contributed by atoms with E-state index in [4.69, 9.17) is 5.11 Å². The molecule has 0 aliphatic carbocycles. The van der Waals surface area contributed by atoms with Crippen LogP contribution in [-0.2, 0) is 4.79 Å². The molecule has 0 aromatic heterocycles. The summed E-state index contributed by atoms with van der Waals surface area (Å²) in [6.07, 6.45) is 0. The summed E-state index contributed by atoms with van der Waals surface area (Å²) in [4.78, 5) is 11.0. The zero-order valence-electron chi connectivity index (χ0n) is 8.95. The molecule has 1 aliphatic rings. The highest BCUT2D eigenvalue weighted by atomic mass is 16.4. The lowest BCUT2D eigenvalue weighted by molar-refractivity contribution is -0.138. The van der Waals surface area contributed by atoms with Crippen LogP contribution in [0.2, 0.25) is 0 Å². The predicted molar refractivity (Wildman–Crippen MR) is 59.4 cm³/mol. The zero-order chi connectivity index (χ0) is 11.0. The summed E-state index contributed by atoms with van der Waals surface area (Å²) in [6, 6.07) is 6.05. The molecule has 0 fully saturated rings. The van der Waals surface area contributed by atoms with Crippen molar-refractivity contribution in [2.45, 2.75) is 25.7 Å². The molecular weight excluding hydrogens is 190 g/mol. The second-order valence-electron chi connectivity index (χ2n) is 4.27. The van der Waals surface area contributed by atoms with Crippen molar-refractivity contribution in [1.82, 2.24) is 0 Å². The van der Waals surface area contributed by atoms with E-state index in [1.807, 2.05) is 12.1 Å². The molecule has 0 saturated heterocycles. The second kappa shape index (κ2) is 3.57. The van der Waals surface area contributed by atoms with Crippen LogP contribution in [0.1, 0.15) is 36.8 Å². The molecule has 0 radical (unpaired) electrons. The maximum absolute atomic E-state index is 11.0. The van der Waals surface area contributed by atoms with Crippen LogP contribution in [0.25, 0.3) is 0 Å². The number of hydrogen-bond donors (Lipinski definition) is 2. The van der Waals surface area contributed by atoms with Crippen LogP contribution < -0.4 is 5.32 Å². The van der Waals surface area contributed by atoms with E-state index < -0.39 is 11.9 Å². The molecule has 2 N–H and O–H groups in total. The van der Waals surface area contributed by atoms with Crippen LogP contribution in [0.3, 0.4) is 0 Å². The third-order valence-electron chi connectivity index (χ3n) is 2.91. The lowest BCUT2D eigenvalue weighted by Gasteiger charge is -2.09. The van der Waals surface area contributed by atoms with E-state index >= 15 is 0 Å². The van der Waals surface area contributed by atoms with E-state index in [0.717, 1.165) is 11.3 Å². The van der Waals surface area contributed by atoms with Crippen LogP contribution in [0.5, 0.6) is 0 Å². The number of aliphatic carboxylic acids is 1. The van der Waals surface area contributed by atoms with E-state index in [-0.39, 0.29) is 0 Å². The molecule has 3 heteroatoms. The SMILES string of the molecule is CC(C)c1ccc2c(c1)C(C(=O)O)CN2. The molecule has 1 aromatic carbocycles. The van der Waals surface area contributed by atoms with Gasteiger partial charge in [0.15, 0.2) is 0 Å². The molecule has 3 nitrogen and oxygen atoms in total. The third-order valence-corrected chi connectivity index (χ3v) is 2.91. The maximum Gasteiger partial charge on any atom is 0.312 e. The van der Waals surface area contributed by atoms with Gasteiger partial charge in [0, 0.05) is 12.2 Å². The summed E-state index contributed by atoms with van der Waals surface area (Å²) in [7, 11) is 0. The number of nitrogens with one attached hydrogen (secondary N) is 1. The van der Waals surface area contributed by atoms with Gasteiger partial charge in [0.2, 0.25) is 0 Å². The fourth-order valence-electron chi connectivity index (χ4n) is 1.93. The first-order valence-corrected chi connectivity index (χ1v) is 5.20. The van der Waals surface area contributed by atoms with Gasteiger partial charge < -0.3 is 10.4 Å². The lowest BCUT2D eigenvalue weighted by atomic mass is 9.95. The van der Waals surface area contributed by atoms with Gasteiger partial charge in [0.05, 0.1) is 0 Å². The molecule has 0 saturated carbocycles. The van der Waals surface area contributed by atoms with Gasteiger partial charge in [0.25, 0.3) is 0 Å². The first-order chi connectivity index (χ1) is 7.09. The average Bonchev–Trinajstić information content (AvgIpc) is 2.59. The largest absolute Gasteiger partial charge is 0.481 e. The van der Waals surface area contributed by atoms with Crippen LogP contribution in [-0.4, -0.2) is 17.6 Å². The fraction of sp³-hybridized carbons (Fsp3) is 0.417. The Bertz CT molecular complexity index is 399. The minimum atomic E-state index is -0.748. The Morgan fingerprint density at radius 1 is 1.53 bits per heavy atom. The van der Waals surface area contributed by atoms with Gasteiger partial charge in [-0.05, 0) is 23.1 Å². The van der Waals surface area contributed by atoms with Crippen molar-refractivity contribution in [1.29, 1.82) is 0 Å². The molecule has 1 unspecified atom stereocenters. The average molecular weight is 205 g/mol. The van der Waals surface area contributed by atoms with Gasteiger partial charge in [-0.25, -0.2) is 0 Å². The molecule has 15 heavy (non-hydrogen) atoms. The Kier molecular flexibility index (Phi) is 2.39. The molecule has 0 bridgehead atoms. The van der Waals surface area contributed by atoms with E-state index in [1.54, 1.807) is 0 Å². The summed E-state index contributed by atoms with van der Waals surface area (Å²) in [5.41, 5.74) is 3.09. The van der Waals surface area contributed by atoms with Crippen molar-refractivity contribution in [3.05, 3.63) is 29.3 Å². The standard InChI is InChI=1S/C12H15NO2/c1-7(2)8-3-4-11-9(5-8)10(6-13-11)12(14)15/h3-5,7,10,13H,6H2,1-2H3,(H,14,15). The van der Waals surface area contributed by atoms with Crippen LogP contribution in [0.15, 0.2) is 18.2 Å². The van der Waals surface area contributed by atoms with Crippen molar-refractivity contribution in [2.24, 2.45) is 0 Å². The normalized spacial score (nSPS) is 18.7. The number of carboxylic acids is 1. The Hall–Kier alpha value is -1.51. The van der Waals surface area contributed by atoms with Gasteiger partial charge in [-0.1, -0.05) is 26.0 Å². The third kappa shape index (κ3) is 1.69. The van der Waals surface area contributed by atoms with Gasteiger partial charge in [0.1, 0.15) is 5.92 Å². The van der Waals surface area contributed by atoms with Crippen LogP contribution in [0.4, 0.5) is 5.69 Å². The Morgan fingerprint density at radius 3 is 2.87 bits per heavy atom. The van der Waals surface area contributed by atoms with Crippen molar-refractivity contribution < 1.29 is 9.90 Å². The number of hydrogen-bond acceptors (Lipinski definition) is 2. The van der Waals surface area contributed by atoms with E-state index in [2.05, 4.69) is 25.2 Å². The van der Waals surface area contributed by atoms with E-state index in [9.17, 15) is 4.79 Å². The summed E-state index contributed by atoms with van der Waals surface area (Å²) < 4.78 is 0. The minimum Gasteiger partial charge on any atom is -0.481 e. The highest BCUT2D eigenvalue weighted by molar-refractivity contribution is 5.82. The van der Waals surface area contributed by atoms with Gasteiger partial charge >= 0.3 is 5.97 Å². The maximum atomic E-state index is 11.0. The Labute approximate surface area is 89.1 Å². The molecule has 2 rings (SSSR count). The first kappa shape index (κ1) is 10.0. The number of benzene rings is 1. The topological polar surface area (TPSA) is 49.3 Å². The van der Waals surface area contributed by atoms with E-state index in [1.165, 1.54) is 5.56 Å². The van der Waals surface area contributed by atoms with Crippen LogP contribution in [0, 0.1) is 0 Å². The molecular formula is C12H15NO2. The van der Waals surface area contributed by atoms with Crippen molar-refractivity contribution >= 4 is 11.7 Å². The number of carbonyl (C=O) groups is 1. The van der Waals surface area contributed by atoms with E-state index in [0.29, 0.717) is 12.5 Å². The summed E-state index contributed by atoms with van der Waals surface area (Å²) in [5, 5.41) is 12.2. The zero-order valence-corrected chi connectivity index (χ0v) is 8.95. The smallest absolute Gasteiger partial charge is 0.312 e. The Balaban J connectivity index is 2.42. The highest BCUT2D eigenvalue weighted by Crippen LogP contribution is 2.33. The molecule has 1 atom stereocenters. The van der Waals surface area contributed by atoms with Gasteiger partial charge in [-0.3, -0.25) is 4.79 Å². The predicted octanol–water partition coefficient (Wildman–Crippen LogP) is 2.40. The highest BCUT2D eigenvalue weighted by Gasteiger charge is 2.28. The molecule has 1 aliphatic heterocycles.